The molecule has 0 bridgehead atoms. The molecule has 1 aliphatic heterocycles. The van der Waals surface area contributed by atoms with Gasteiger partial charge in [0.15, 0.2) is 0 Å². The number of urea groups is 1. The van der Waals surface area contributed by atoms with Crippen LogP contribution in [0.25, 0.3) is 0 Å². The normalized spacial score (nSPS) is 14.0. The van der Waals surface area contributed by atoms with Gasteiger partial charge in [0.05, 0.1) is 0 Å². The highest BCUT2D eigenvalue weighted by molar-refractivity contribution is 6.31. The van der Waals surface area contributed by atoms with Crippen molar-refractivity contribution in [3.05, 3.63) is 70.2 Å². The van der Waals surface area contributed by atoms with Crippen molar-refractivity contribution in [3.8, 4) is 0 Å². The fraction of sp³-hybridized carbons (Fsp3) is 0.300. The first-order valence-electron chi connectivity index (χ1n) is 8.62. The molecule has 5 nitrogen and oxygen atoms in total. The molecule has 1 N–H and O–H groups in total. The van der Waals surface area contributed by atoms with E-state index in [2.05, 4.69) is 11.4 Å². The van der Waals surface area contributed by atoms with E-state index < -0.39 is 0 Å². The van der Waals surface area contributed by atoms with Gasteiger partial charge < -0.3 is 15.1 Å². The molecule has 1 heterocycles. The van der Waals surface area contributed by atoms with Crippen molar-refractivity contribution in [2.24, 2.45) is 0 Å². The Morgan fingerprint density at radius 2 is 1.88 bits per heavy atom. The summed E-state index contributed by atoms with van der Waals surface area (Å²) in [6.45, 7) is 4.21. The van der Waals surface area contributed by atoms with Gasteiger partial charge in [0, 0.05) is 31.2 Å². The Bertz CT molecular complexity index is 809. The lowest BCUT2D eigenvalue weighted by Gasteiger charge is -2.18. The quantitative estimate of drug-likeness (QED) is 0.847. The minimum Gasteiger partial charge on any atom is -0.350 e. The topological polar surface area (TPSA) is 52.6 Å². The number of benzene rings is 2. The van der Waals surface area contributed by atoms with E-state index in [1.54, 1.807) is 15.9 Å². The van der Waals surface area contributed by atoms with Crippen molar-refractivity contribution in [2.75, 3.05) is 19.6 Å². The van der Waals surface area contributed by atoms with E-state index >= 15 is 0 Å². The number of halogens is 1. The molecule has 0 aliphatic carbocycles. The van der Waals surface area contributed by atoms with E-state index in [1.165, 1.54) is 5.56 Å². The van der Waals surface area contributed by atoms with Crippen LogP contribution in [0.3, 0.4) is 0 Å². The van der Waals surface area contributed by atoms with Gasteiger partial charge in [-0.1, -0.05) is 59.6 Å². The zero-order valence-corrected chi connectivity index (χ0v) is 15.5. The predicted octanol–water partition coefficient (Wildman–Crippen LogP) is 3.20. The molecule has 0 saturated carbocycles. The Morgan fingerprint density at radius 3 is 2.65 bits per heavy atom. The number of carbonyl (C=O) groups is 2. The standard InChI is InChI=1S/C20H22ClN3O2/c1-15-5-4-6-16(11-15)13-23-9-10-24(20(23)26)14-19(25)22-12-17-7-2-3-8-18(17)21/h2-8,11H,9-10,12-14H2,1H3,(H,22,25). The summed E-state index contributed by atoms with van der Waals surface area (Å²) < 4.78 is 0. The molecule has 0 unspecified atom stereocenters. The average Bonchev–Trinajstić information content (AvgIpc) is 2.94. The van der Waals surface area contributed by atoms with Crippen LogP contribution in [0.15, 0.2) is 48.5 Å². The molecule has 2 aromatic carbocycles. The molecular formula is C20H22ClN3O2. The van der Waals surface area contributed by atoms with Crippen LogP contribution in [0.1, 0.15) is 16.7 Å². The van der Waals surface area contributed by atoms with Crippen molar-refractivity contribution in [3.63, 3.8) is 0 Å². The lowest BCUT2D eigenvalue weighted by molar-refractivity contribution is -0.121. The largest absolute Gasteiger partial charge is 0.350 e. The summed E-state index contributed by atoms with van der Waals surface area (Å²) in [7, 11) is 0. The average molecular weight is 372 g/mol. The minimum absolute atomic E-state index is 0.0631. The lowest BCUT2D eigenvalue weighted by atomic mass is 10.1. The maximum absolute atomic E-state index is 12.5. The summed E-state index contributed by atoms with van der Waals surface area (Å²) >= 11 is 6.09. The highest BCUT2D eigenvalue weighted by atomic mass is 35.5. The maximum Gasteiger partial charge on any atom is 0.320 e. The van der Waals surface area contributed by atoms with Gasteiger partial charge in [-0.2, -0.15) is 0 Å². The second-order valence-electron chi connectivity index (χ2n) is 6.48. The third-order valence-corrected chi connectivity index (χ3v) is 4.77. The van der Waals surface area contributed by atoms with Gasteiger partial charge in [-0.15, -0.1) is 0 Å². The van der Waals surface area contributed by atoms with E-state index in [0.717, 1.165) is 11.1 Å². The second-order valence-corrected chi connectivity index (χ2v) is 6.89. The van der Waals surface area contributed by atoms with Crippen molar-refractivity contribution in [1.29, 1.82) is 0 Å². The molecule has 6 heteroatoms. The molecule has 2 aromatic rings. The van der Waals surface area contributed by atoms with Crippen LogP contribution in [0.5, 0.6) is 0 Å². The van der Waals surface area contributed by atoms with Gasteiger partial charge in [-0.25, -0.2) is 4.79 Å². The van der Waals surface area contributed by atoms with E-state index in [1.807, 2.05) is 43.3 Å². The Morgan fingerprint density at radius 1 is 1.12 bits per heavy atom. The molecule has 0 aromatic heterocycles. The molecule has 26 heavy (non-hydrogen) atoms. The number of nitrogens with zero attached hydrogens (tertiary/aromatic N) is 2. The Balaban J connectivity index is 1.50. The van der Waals surface area contributed by atoms with E-state index in [0.29, 0.717) is 31.2 Å². The zero-order chi connectivity index (χ0) is 18.5. The van der Waals surface area contributed by atoms with Gasteiger partial charge in [0.25, 0.3) is 0 Å². The highest BCUT2D eigenvalue weighted by Gasteiger charge is 2.29. The summed E-state index contributed by atoms with van der Waals surface area (Å²) in [6.07, 6.45) is 0. The summed E-state index contributed by atoms with van der Waals surface area (Å²) in [4.78, 5) is 28.0. The second kappa shape index (κ2) is 8.23. The molecular weight excluding hydrogens is 350 g/mol. The number of nitrogens with one attached hydrogen (secondary N) is 1. The first-order valence-corrected chi connectivity index (χ1v) is 9.00. The van der Waals surface area contributed by atoms with Crippen LogP contribution >= 0.6 is 11.6 Å². The van der Waals surface area contributed by atoms with Crippen molar-refractivity contribution < 1.29 is 9.59 Å². The van der Waals surface area contributed by atoms with Crippen LogP contribution in [0.4, 0.5) is 4.79 Å². The van der Waals surface area contributed by atoms with E-state index in [-0.39, 0.29) is 18.5 Å². The first kappa shape index (κ1) is 18.3. The maximum atomic E-state index is 12.5. The van der Waals surface area contributed by atoms with Crippen molar-refractivity contribution >= 4 is 23.5 Å². The van der Waals surface area contributed by atoms with Gasteiger partial charge in [0.1, 0.15) is 6.54 Å². The summed E-state index contributed by atoms with van der Waals surface area (Å²) in [6, 6.07) is 15.4. The van der Waals surface area contributed by atoms with Crippen LogP contribution in [-0.2, 0) is 17.9 Å². The molecule has 3 rings (SSSR count). The molecule has 0 spiro atoms. The fourth-order valence-corrected chi connectivity index (χ4v) is 3.22. The highest BCUT2D eigenvalue weighted by Crippen LogP contribution is 2.15. The van der Waals surface area contributed by atoms with Crippen LogP contribution < -0.4 is 5.32 Å². The third-order valence-electron chi connectivity index (χ3n) is 4.41. The summed E-state index contributed by atoms with van der Waals surface area (Å²) in [5, 5.41) is 3.44. The lowest BCUT2D eigenvalue weighted by Crippen LogP contribution is -2.39. The Kier molecular flexibility index (Phi) is 5.78. The number of rotatable bonds is 6. The van der Waals surface area contributed by atoms with Gasteiger partial charge in [-0.3, -0.25) is 4.79 Å². The van der Waals surface area contributed by atoms with Crippen LogP contribution in [0.2, 0.25) is 5.02 Å². The van der Waals surface area contributed by atoms with Crippen molar-refractivity contribution in [2.45, 2.75) is 20.0 Å². The Hall–Kier alpha value is -2.53. The Labute approximate surface area is 158 Å². The number of aryl methyl sites for hydroxylation is 1. The molecule has 1 aliphatic rings. The number of amides is 3. The number of hydrogen-bond acceptors (Lipinski definition) is 2. The third kappa shape index (κ3) is 4.55. The molecule has 1 fully saturated rings. The van der Waals surface area contributed by atoms with Crippen molar-refractivity contribution in [1.82, 2.24) is 15.1 Å². The molecule has 0 atom stereocenters. The van der Waals surface area contributed by atoms with E-state index in [4.69, 9.17) is 11.6 Å². The smallest absolute Gasteiger partial charge is 0.320 e. The molecule has 1 saturated heterocycles. The molecule has 136 valence electrons. The van der Waals surface area contributed by atoms with Gasteiger partial charge in [0.2, 0.25) is 5.91 Å². The first-order chi connectivity index (χ1) is 12.5. The van der Waals surface area contributed by atoms with Gasteiger partial charge in [-0.05, 0) is 24.1 Å². The predicted molar refractivity (Wildman–Crippen MR) is 102 cm³/mol. The zero-order valence-electron chi connectivity index (χ0n) is 14.7. The minimum atomic E-state index is -0.185. The molecule has 3 amide bonds. The SMILES string of the molecule is Cc1cccc(CN2CCN(CC(=O)NCc3ccccc3Cl)C2=O)c1. The summed E-state index contributed by atoms with van der Waals surface area (Å²) in [5.74, 6) is -0.185. The monoisotopic (exact) mass is 371 g/mol. The van der Waals surface area contributed by atoms with Crippen LogP contribution in [-0.4, -0.2) is 41.4 Å². The number of carbonyl (C=O) groups excluding carboxylic acids is 2. The number of hydrogen-bond donors (Lipinski definition) is 1. The van der Waals surface area contributed by atoms with E-state index in [9.17, 15) is 9.59 Å². The molecule has 0 radical (unpaired) electrons. The fourth-order valence-electron chi connectivity index (χ4n) is 3.02. The van der Waals surface area contributed by atoms with Crippen LogP contribution in [0, 0.1) is 6.92 Å². The van der Waals surface area contributed by atoms with Gasteiger partial charge >= 0.3 is 6.03 Å². The summed E-state index contributed by atoms with van der Waals surface area (Å²) in [5.41, 5.74) is 3.13.